The van der Waals surface area contributed by atoms with Crippen LogP contribution in [0.25, 0.3) is 0 Å². The normalized spacial score (nSPS) is 11.3. The number of rotatable bonds is 6. The highest BCUT2D eigenvalue weighted by Crippen LogP contribution is 2.31. The second-order valence-electron chi connectivity index (χ2n) is 5.30. The van der Waals surface area contributed by atoms with Crippen LogP contribution in [-0.4, -0.2) is 23.4 Å². The Balaban J connectivity index is 1.89. The Kier molecular flexibility index (Phi) is 6.61. The van der Waals surface area contributed by atoms with Crippen LogP contribution in [0.1, 0.15) is 5.56 Å². The summed E-state index contributed by atoms with van der Waals surface area (Å²) in [6, 6.07) is 6.05. The summed E-state index contributed by atoms with van der Waals surface area (Å²) in [6.45, 7) is 0.0636. The fraction of sp³-hybridized carbons (Fsp3) is 0.0625. The quantitative estimate of drug-likeness (QED) is 0.489. The Morgan fingerprint density at radius 3 is 2.68 bits per heavy atom. The molecule has 0 atom stereocenters. The van der Waals surface area contributed by atoms with Crippen molar-refractivity contribution in [2.75, 3.05) is 4.72 Å². The lowest BCUT2D eigenvalue weighted by Crippen LogP contribution is -2.16. The average molecular weight is 525 g/mol. The molecule has 0 saturated carbocycles. The van der Waals surface area contributed by atoms with Crippen molar-refractivity contribution in [3.63, 3.8) is 0 Å². The Bertz CT molecular complexity index is 1130. The topological polar surface area (TPSA) is 94.1 Å². The van der Waals surface area contributed by atoms with E-state index in [4.69, 9.17) is 39.5 Å². The maximum Gasteiger partial charge on any atom is 0.264 e. The number of pyridine rings is 1. The summed E-state index contributed by atoms with van der Waals surface area (Å²) in [5.41, 5.74) is 0.725. The minimum Gasteiger partial charge on any atom is -0.470 e. The lowest BCUT2D eigenvalue weighted by molar-refractivity contribution is 0.294. The van der Waals surface area contributed by atoms with Gasteiger partial charge in [0.1, 0.15) is 11.5 Å². The first kappa shape index (κ1) is 21.1. The molecular formula is C16H10BrCl3N4O3S. The number of halogens is 4. The standard InChI is InChI=1S/C16H10BrCl3N4O3S/c17-10-4-9(5-21-6-10)8-27-16-15(22-7-13(19)23-16)24-28(25,26)12-3-1-2-11(18)14(12)20/h1-7H,8H2,(H,22,24). The molecule has 0 bridgehead atoms. The van der Waals surface area contributed by atoms with Crippen LogP contribution in [0.2, 0.25) is 15.2 Å². The van der Waals surface area contributed by atoms with E-state index in [9.17, 15) is 8.42 Å². The van der Waals surface area contributed by atoms with Gasteiger partial charge in [-0.3, -0.25) is 9.71 Å². The molecule has 0 spiro atoms. The van der Waals surface area contributed by atoms with Crippen LogP contribution >= 0.6 is 50.7 Å². The van der Waals surface area contributed by atoms with Crippen LogP contribution in [0, 0.1) is 0 Å². The Hall–Kier alpha value is -1.65. The van der Waals surface area contributed by atoms with Gasteiger partial charge in [-0.15, -0.1) is 0 Å². The predicted molar refractivity (Wildman–Crippen MR) is 111 cm³/mol. The highest BCUT2D eigenvalue weighted by molar-refractivity contribution is 9.10. The molecule has 0 saturated heterocycles. The van der Waals surface area contributed by atoms with Gasteiger partial charge >= 0.3 is 0 Å². The third-order valence-electron chi connectivity index (χ3n) is 3.28. The van der Waals surface area contributed by atoms with Gasteiger partial charge in [0.2, 0.25) is 5.82 Å². The number of sulfonamides is 1. The number of aromatic nitrogens is 3. The van der Waals surface area contributed by atoms with Crippen molar-refractivity contribution >= 4 is 66.6 Å². The first-order valence-electron chi connectivity index (χ1n) is 7.48. The van der Waals surface area contributed by atoms with Crippen molar-refractivity contribution in [1.29, 1.82) is 0 Å². The third kappa shape index (κ3) is 5.03. The van der Waals surface area contributed by atoms with E-state index in [0.717, 1.165) is 10.0 Å². The molecular weight excluding hydrogens is 515 g/mol. The number of nitrogens with one attached hydrogen (secondary N) is 1. The number of ether oxygens (including phenoxy) is 1. The zero-order valence-electron chi connectivity index (χ0n) is 13.7. The SMILES string of the molecule is O=S(=O)(Nc1ncc(Cl)nc1OCc1cncc(Br)c1)c1cccc(Cl)c1Cl. The van der Waals surface area contributed by atoms with Gasteiger partial charge in [-0.2, -0.15) is 4.98 Å². The molecule has 3 rings (SSSR count). The number of hydrogen-bond donors (Lipinski definition) is 1. The van der Waals surface area contributed by atoms with Gasteiger partial charge in [-0.05, 0) is 34.1 Å². The molecule has 0 aliphatic heterocycles. The van der Waals surface area contributed by atoms with Gasteiger partial charge in [-0.1, -0.05) is 40.9 Å². The zero-order chi connectivity index (χ0) is 20.3. The van der Waals surface area contributed by atoms with Gasteiger partial charge < -0.3 is 4.74 Å². The summed E-state index contributed by atoms with van der Waals surface area (Å²) >= 11 is 21.1. The predicted octanol–water partition coefficient (Wildman–Crippen LogP) is 4.97. The maximum absolute atomic E-state index is 12.7. The lowest BCUT2D eigenvalue weighted by atomic mass is 10.3. The first-order chi connectivity index (χ1) is 13.3. The molecule has 12 heteroatoms. The van der Waals surface area contributed by atoms with Crippen molar-refractivity contribution in [3.05, 3.63) is 68.1 Å². The lowest BCUT2D eigenvalue weighted by Gasteiger charge is -2.13. The van der Waals surface area contributed by atoms with Crippen molar-refractivity contribution < 1.29 is 13.2 Å². The molecule has 1 aromatic carbocycles. The van der Waals surface area contributed by atoms with Crippen LogP contribution in [0.5, 0.6) is 5.88 Å². The van der Waals surface area contributed by atoms with E-state index in [-0.39, 0.29) is 38.4 Å². The van der Waals surface area contributed by atoms with Gasteiger partial charge in [0, 0.05) is 22.4 Å². The summed E-state index contributed by atoms with van der Waals surface area (Å²) in [7, 11) is -4.10. The molecule has 0 radical (unpaired) electrons. The summed E-state index contributed by atoms with van der Waals surface area (Å²) < 4.78 is 34.1. The van der Waals surface area contributed by atoms with Crippen LogP contribution in [0.15, 0.2) is 52.2 Å². The van der Waals surface area contributed by atoms with Gasteiger partial charge in [-0.25, -0.2) is 13.4 Å². The van der Waals surface area contributed by atoms with E-state index in [1.165, 1.54) is 24.4 Å². The highest BCUT2D eigenvalue weighted by atomic mass is 79.9. The van der Waals surface area contributed by atoms with Crippen LogP contribution < -0.4 is 9.46 Å². The number of nitrogens with zero attached hydrogens (tertiary/aromatic N) is 3. The Morgan fingerprint density at radius 1 is 1.14 bits per heavy atom. The summed E-state index contributed by atoms with van der Waals surface area (Å²) in [5, 5.41) is 0.0257. The number of anilines is 1. The number of hydrogen-bond acceptors (Lipinski definition) is 6. The second-order valence-corrected chi connectivity index (χ2v) is 9.04. The minimum absolute atomic E-state index is 0.0334. The maximum atomic E-state index is 12.7. The monoisotopic (exact) mass is 522 g/mol. The molecule has 2 heterocycles. The van der Waals surface area contributed by atoms with Crippen molar-refractivity contribution in [2.45, 2.75) is 11.5 Å². The van der Waals surface area contributed by atoms with Crippen LogP contribution in [0.4, 0.5) is 5.82 Å². The fourth-order valence-electron chi connectivity index (χ4n) is 2.08. The summed E-state index contributed by atoms with van der Waals surface area (Å²) in [4.78, 5) is 11.8. The summed E-state index contributed by atoms with van der Waals surface area (Å²) in [5.74, 6) is -0.252. The van der Waals surface area contributed by atoms with Gasteiger partial charge in [0.25, 0.3) is 15.9 Å². The number of benzene rings is 1. The average Bonchev–Trinajstić information content (AvgIpc) is 2.64. The van der Waals surface area contributed by atoms with E-state index in [0.29, 0.717) is 0 Å². The van der Waals surface area contributed by atoms with E-state index in [1.54, 1.807) is 18.5 Å². The first-order valence-corrected chi connectivity index (χ1v) is 10.9. The van der Waals surface area contributed by atoms with E-state index in [2.05, 4.69) is 35.6 Å². The zero-order valence-corrected chi connectivity index (χ0v) is 18.4. The van der Waals surface area contributed by atoms with Crippen molar-refractivity contribution in [3.8, 4) is 5.88 Å². The molecule has 28 heavy (non-hydrogen) atoms. The molecule has 0 fully saturated rings. The van der Waals surface area contributed by atoms with E-state index >= 15 is 0 Å². The van der Waals surface area contributed by atoms with E-state index in [1.807, 2.05) is 0 Å². The fourth-order valence-corrected chi connectivity index (χ4v) is 4.39. The van der Waals surface area contributed by atoms with Gasteiger partial charge in [0.15, 0.2) is 5.15 Å². The molecule has 0 unspecified atom stereocenters. The van der Waals surface area contributed by atoms with E-state index < -0.39 is 10.0 Å². The molecule has 0 aliphatic carbocycles. The second kappa shape index (κ2) is 8.79. The molecule has 1 N–H and O–H groups in total. The van der Waals surface area contributed by atoms with Crippen LogP contribution in [0.3, 0.4) is 0 Å². The molecule has 3 aromatic rings. The smallest absolute Gasteiger partial charge is 0.264 e. The van der Waals surface area contributed by atoms with Crippen LogP contribution in [-0.2, 0) is 16.6 Å². The summed E-state index contributed by atoms with van der Waals surface area (Å²) in [6.07, 6.45) is 4.40. The molecule has 7 nitrogen and oxygen atoms in total. The van der Waals surface area contributed by atoms with Gasteiger partial charge in [0.05, 0.1) is 16.2 Å². The Morgan fingerprint density at radius 2 is 1.93 bits per heavy atom. The minimum atomic E-state index is -4.10. The molecule has 0 amide bonds. The van der Waals surface area contributed by atoms with Crippen molar-refractivity contribution in [2.24, 2.45) is 0 Å². The largest absolute Gasteiger partial charge is 0.470 e. The third-order valence-corrected chi connectivity index (χ3v) is 6.21. The molecule has 0 aliphatic rings. The van der Waals surface area contributed by atoms with Crippen molar-refractivity contribution in [1.82, 2.24) is 15.0 Å². The highest BCUT2D eigenvalue weighted by Gasteiger charge is 2.23. The molecule has 146 valence electrons. The molecule has 2 aromatic heterocycles. The Labute approximate surface area is 184 Å².